The Morgan fingerprint density at radius 3 is 2.24 bits per heavy atom. The smallest absolute Gasteiger partial charge is 0.243 e. The summed E-state index contributed by atoms with van der Waals surface area (Å²) in [7, 11) is -0.379. The average Bonchev–Trinajstić information content (AvgIpc) is 3.23. The Labute approximate surface area is 196 Å². The van der Waals surface area contributed by atoms with E-state index in [2.05, 4.69) is 0 Å². The minimum atomic E-state index is -3.83. The molecule has 1 heterocycles. The van der Waals surface area contributed by atoms with E-state index in [1.807, 2.05) is 67.2 Å². The van der Waals surface area contributed by atoms with Gasteiger partial charge >= 0.3 is 0 Å². The number of benzene rings is 2. The second-order valence-corrected chi connectivity index (χ2v) is 9.80. The second-order valence-electron chi connectivity index (χ2n) is 7.86. The molecule has 0 spiro atoms. The van der Waals surface area contributed by atoms with Crippen molar-refractivity contribution in [2.45, 2.75) is 31.3 Å². The van der Waals surface area contributed by atoms with Gasteiger partial charge in [0.05, 0.1) is 25.1 Å². The molecule has 8 heteroatoms. The Bertz CT molecular complexity index is 1140. The minimum absolute atomic E-state index is 0.140. The summed E-state index contributed by atoms with van der Waals surface area (Å²) in [5, 5.41) is 0. The number of amides is 1. The molecule has 0 bridgehead atoms. The van der Waals surface area contributed by atoms with Gasteiger partial charge in [-0.1, -0.05) is 37.3 Å². The van der Waals surface area contributed by atoms with E-state index in [1.54, 1.807) is 17.0 Å². The molecule has 7 nitrogen and oxygen atoms in total. The number of methoxy groups -OCH3 is 1. The number of carbonyl (C=O) groups is 1. The minimum Gasteiger partial charge on any atom is -0.497 e. The quantitative estimate of drug-likeness (QED) is 0.430. The van der Waals surface area contributed by atoms with Crippen LogP contribution in [0.4, 0.5) is 0 Å². The molecule has 3 rings (SSSR count). The summed E-state index contributed by atoms with van der Waals surface area (Å²) in [6.07, 6.45) is 2.52. The highest BCUT2D eigenvalue weighted by Gasteiger charge is 2.28. The third-order valence-electron chi connectivity index (χ3n) is 5.45. The molecule has 176 valence electrons. The van der Waals surface area contributed by atoms with E-state index >= 15 is 0 Å². The molecule has 3 aromatic rings. The standard InChI is InChI=1S/C25H31N3O4S/c1-4-16-28(33(30,31)24-14-12-23(32-3)13-15-24)20-25(29)27(18-21-9-6-5-7-10-21)19-22-11-8-17-26(22)2/h5-15,17H,4,16,18-20H2,1-3H3. The molecule has 1 aromatic heterocycles. The molecule has 0 atom stereocenters. The highest BCUT2D eigenvalue weighted by atomic mass is 32.2. The highest BCUT2D eigenvalue weighted by molar-refractivity contribution is 7.89. The number of hydrogen-bond donors (Lipinski definition) is 0. The molecule has 2 aromatic carbocycles. The number of aryl methyl sites for hydroxylation is 1. The van der Waals surface area contributed by atoms with Gasteiger partial charge in [-0.05, 0) is 48.4 Å². The summed E-state index contributed by atoms with van der Waals surface area (Å²) >= 11 is 0. The zero-order valence-corrected chi connectivity index (χ0v) is 20.2. The van der Waals surface area contributed by atoms with Crippen molar-refractivity contribution in [2.75, 3.05) is 20.2 Å². The molecule has 0 unspecified atom stereocenters. The Morgan fingerprint density at radius 2 is 1.67 bits per heavy atom. The predicted octanol–water partition coefficient (Wildman–Crippen LogP) is 3.66. The SMILES string of the molecule is CCCN(CC(=O)N(Cc1ccccc1)Cc1cccn1C)S(=O)(=O)c1ccc(OC)cc1. The normalized spacial score (nSPS) is 11.5. The molecule has 0 saturated heterocycles. The van der Waals surface area contributed by atoms with Gasteiger partial charge in [-0.25, -0.2) is 8.42 Å². The van der Waals surface area contributed by atoms with Crippen LogP contribution in [0.2, 0.25) is 0 Å². The lowest BCUT2D eigenvalue weighted by atomic mass is 10.2. The maximum atomic E-state index is 13.4. The summed E-state index contributed by atoms with van der Waals surface area (Å²) in [6, 6.07) is 19.8. The fraction of sp³-hybridized carbons (Fsp3) is 0.320. The lowest BCUT2D eigenvalue weighted by molar-refractivity contribution is -0.132. The van der Waals surface area contributed by atoms with Crippen LogP contribution in [-0.2, 0) is 35.0 Å². The Hall–Kier alpha value is -3.10. The Kier molecular flexibility index (Phi) is 8.30. The van der Waals surface area contributed by atoms with Crippen molar-refractivity contribution in [3.8, 4) is 5.75 Å². The third kappa shape index (κ3) is 6.24. The van der Waals surface area contributed by atoms with Gasteiger partial charge in [-0.2, -0.15) is 4.31 Å². The van der Waals surface area contributed by atoms with E-state index in [0.29, 0.717) is 25.3 Å². The first-order valence-corrected chi connectivity index (χ1v) is 12.3. The number of ether oxygens (including phenoxy) is 1. The molecule has 0 saturated carbocycles. The molecule has 0 fully saturated rings. The Morgan fingerprint density at radius 1 is 0.970 bits per heavy atom. The van der Waals surface area contributed by atoms with Crippen molar-refractivity contribution >= 4 is 15.9 Å². The molecule has 1 amide bonds. The predicted molar refractivity (Wildman–Crippen MR) is 128 cm³/mol. The van der Waals surface area contributed by atoms with Gasteiger partial charge in [0.15, 0.2) is 0 Å². The van der Waals surface area contributed by atoms with E-state index in [-0.39, 0.29) is 23.9 Å². The summed E-state index contributed by atoms with van der Waals surface area (Å²) in [5.74, 6) is 0.328. The van der Waals surface area contributed by atoms with E-state index in [0.717, 1.165) is 11.3 Å². The van der Waals surface area contributed by atoms with E-state index in [4.69, 9.17) is 4.74 Å². The van der Waals surface area contributed by atoms with Crippen LogP contribution in [0.5, 0.6) is 5.75 Å². The zero-order valence-electron chi connectivity index (χ0n) is 19.3. The van der Waals surface area contributed by atoms with Gasteiger partial charge in [0.2, 0.25) is 15.9 Å². The van der Waals surface area contributed by atoms with Crippen molar-refractivity contribution in [1.29, 1.82) is 0 Å². The number of hydrogen-bond acceptors (Lipinski definition) is 4. The summed E-state index contributed by atoms with van der Waals surface area (Å²) in [4.78, 5) is 15.3. The van der Waals surface area contributed by atoms with Crippen LogP contribution in [0.15, 0.2) is 77.8 Å². The van der Waals surface area contributed by atoms with Crippen LogP contribution in [0.25, 0.3) is 0 Å². The van der Waals surface area contributed by atoms with Crippen LogP contribution >= 0.6 is 0 Å². The number of aromatic nitrogens is 1. The fourth-order valence-electron chi connectivity index (χ4n) is 3.57. The zero-order chi connectivity index (χ0) is 23.8. The number of sulfonamides is 1. The van der Waals surface area contributed by atoms with Crippen molar-refractivity contribution in [2.24, 2.45) is 7.05 Å². The number of rotatable bonds is 11. The van der Waals surface area contributed by atoms with Crippen LogP contribution in [-0.4, -0.2) is 48.3 Å². The molecule has 0 N–H and O–H groups in total. The third-order valence-corrected chi connectivity index (χ3v) is 7.31. The van der Waals surface area contributed by atoms with Crippen molar-refractivity contribution in [3.05, 3.63) is 84.2 Å². The molecule has 0 radical (unpaired) electrons. The largest absolute Gasteiger partial charge is 0.497 e. The second kappa shape index (κ2) is 11.2. The van der Waals surface area contributed by atoms with E-state index in [9.17, 15) is 13.2 Å². The van der Waals surface area contributed by atoms with E-state index < -0.39 is 10.0 Å². The van der Waals surface area contributed by atoms with Gasteiger partial charge in [0.1, 0.15) is 5.75 Å². The van der Waals surface area contributed by atoms with E-state index in [1.165, 1.54) is 23.5 Å². The fourth-order valence-corrected chi connectivity index (χ4v) is 5.06. The first kappa shape index (κ1) is 24.5. The van der Waals surface area contributed by atoms with Gasteiger partial charge in [0, 0.05) is 32.0 Å². The monoisotopic (exact) mass is 469 g/mol. The van der Waals surface area contributed by atoms with Crippen LogP contribution in [0.1, 0.15) is 24.6 Å². The number of carbonyl (C=O) groups excluding carboxylic acids is 1. The molecule has 0 aliphatic heterocycles. The number of nitrogens with zero attached hydrogens (tertiary/aromatic N) is 3. The van der Waals surface area contributed by atoms with Crippen LogP contribution in [0.3, 0.4) is 0 Å². The molecular weight excluding hydrogens is 438 g/mol. The summed E-state index contributed by atoms with van der Waals surface area (Å²) in [5.41, 5.74) is 1.96. The molecule has 33 heavy (non-hydrogen) atoms. The summed E-state index contributed by atoms with van der Waals surface area (Å²) < 4.78 is 35.0. The Balaban J connectivity index is 1.85. The first-order chi connectivity index (χ1) is 15.8. The highest BCUT2D eigenvalue weighted by Crippen LogP contribution is 2.20. The maximum absolute atomic E-state index is 13.4. The first-order valence-electron chi connectivity index (χ1n) is 10.9. The van der Waals surface area contributed by atoms with Crippen molar-refractivity contribution in [3.63, 3.8) is 0 Å². The van der Waals surface area contributed by atoms with Gasteiger partial charge in [-0.3, -0.25) is 4.79 Å². The lowest BCUT2D eigenvalue weighted by Gasteiger charge is -2.27. The summed E-state index contributed by atoms with van der Waals surface area (Å²) in [6.45, 7) is 2.71. The average molecular weight is 470 g/mol. The molecule has 0 aliphatic rings. The van der Waals surface area contributed by atoms with Gasteiger partial charge < -0.3 is 14.2 Å². The maximum Gasteiger partial charge on any atom is 0.243 e. The van der Waals surface area contributed by atoms with Crippen molar-refractivity contribution in [1.82, 2.24) is 13.8 Å². The molecule has 0 aliphatic carbocycles. The van der Waals surface area contributed by atoms with Crippen LogP contribution in [0, 0.1) is 0 Å². The van der Waals surface area contributed by atoms with Crippen LogP contribution < -0.4 is 4.74 Å². The van der Waals surface area contributed by atoms with Gasteiger partial charge in [-0.15, -0.1) is 0 Å². The topological polar surface area (TPSA) is 71.9 Å². The van der Waals surface area contributed by atoms with Gasteiger partial charge in [0.25, 0.3) is 0 Å². The molecular formula is C25H31N3O4S. The lowest BCUT2D eigenvalue weighted by Crippen LogP contribution is -2.43. The van der Waals surface area contributed by atoms with Crippen molar-refractivity contribution < 1.29 is 17.9 Å².